The van der Waals surface area contributed by atoms with Crippen LogP contribution in [0.3, 0.4) is 0 Å². The summed E-state index contributed by atoms with van der Waals surface area (Å²) in [6.45, 7) is -1.38. The molecule has 0 amide bonds. The fourth-order valence-corrected chi connectivity index (χ4v) is 3.73. The van der Waals surface area contributed by atoms with Crippen LogP contribution in [0.25, 0.3) is 22.4 Å². The summed E-state index contributed by atoms with van der Waals surface area (Å²) >= 11 is 3.44. The number of aromatic hydroxyl groups is 1. The lowest BCUT2D eigenvalue weighted by Gasteiger charge is -2.13. The number of hydrogen-bond donors (Lipinski definition) is 2. The Labute approximate surface area is 198 Å². The molecule has 0 saturated carbocycles. The van der Waals surface area contributed by atoms with Gasteiger partial charge in [0.15, 0.2) is 0 Å². The topological polar surface area (TPSA) is 72.2 Å². The van der Waals surface area contributed by atoms with Gasteiger partial charge in [-0.25, -0.2) is 9.97 Å². The highest BCUT2D eigenvalue weighted by Gasteiger charge is 2.12. The highest BCUT2D eigenvalue weighted by molar-refractivity contribution is 9.10. The van der Waals surface area contributed by atoms with Crippen molar-refractivity contribution >= 4 is 21.7 Å². The van der Waals surface area contributed by atoms with Crippen LogP contribution in [0.1, 0.15) is 6.42 Å². The predicted octanol–water partition coefficient (Wildman–Crippen LogP) is 6.18. The first-order valence-electron chi connectivity index (χ1n) is 10.2. The van der Waals surface area contributed by atoms with E-state index in [1.807, 2.05) is 22.9 Å². The number of phenols is 1. The second kappa shape index (κ2) is 10.4. The second-order valence-electron chi connectivity index (χ2n) is 7.27. The number of halogens is 3. The molecular formula is C24H21BrF2N4O2. The van der Waals surface area contributed by atoms with Crippen LogP contribution in [0.2, 0.25) is 0 Å². The Morgan fingerprint density at radius 2 is 1.88 bits per heavy atom. The number of aryl methyl sites for hydroxylation is 1. The van der Waals surface area contributed by atoms with Crippen molar-refractivity contribution in [3.63, 3.8) is 0 Å². The van der Waals surface area contributed by atoms with Gasteiger partial charge in [0, 0.05) is 35.5 Å². The zero-order valence-corrected chi connectivity index (χ0v) is 19.0. The van der Waals surface area contributed by atoms with Crippen LogP contribution in [0.4, 0.5) is 14.6 Å². The highest BCUT2D eigenvalue weighted by Crippen LogP contribution is 2.34. The number of alkyl halides is 2. The molecule has 2 aromatic heterocycles. The van der Waals surface area contributed by atoms with Gasteiger partial charge in [0.1, 0.15) is 17.3 Å². The minimum Gasteiger partial charge on any atom is -0.507 e. The molecule has 4 aromatic rings. The SMILES string of the molecule is Oc1ccc(Br)cc1-c1cc(-c2ccc(OC(F)F)cc2)cc(NCCCn2ccnc2)n1. The van der Waals surface area contributed by atoms with Gasteiger partial charge in [-0.05, 0) is 60.0 Å². The molecule has 0 atom stereocenters. The van der Waals surface area contributed by atoms with Crippen LogP contribution >= 0.6 is 15.9 Å². The zero-order chi connectivity index (χ0) is 23.2. The summed E-state index contributed by atoms with van der Waals surface area (Å²) < 4.78 is 32.2. The van der Waals surface area contributed by atoms with Gasteiger partial charge in [-0.2, -0.15) is 8.78 Å². The molecule has 0 bridgehead atoms. The van der Waals surface area contributed by atoms with Crippen LogP contribution in [0, 0.1) is 0 Å². The maximum Gasteiger partial charge on any atom is 0.387 e. The van der Waals surface area contributed by atoms with Crippen LogP contribution in [-0.2, 0) is 6.54 Å². The Morgan fingerprint density at radius 1 is 1.06 bits per heavy atom. The first-order valence-corrected chi connectivity index (χ1v) is 11.0. The average Bonchev–Trinajstić information content (AvgIpc) is 3.32. The van der Waals surface area contributed by atoms with Gasteiger partial charge in [0.2, 0.25) is 0 Å². The average molecular weight is 515 g/mol. The smallest absolute Gasteiger partial charge is 0.387 e. The summed E-state index contributed by atoms with van der Waals surface area (Å²) in [4.78, 5) is 8.73. The van der Waals surface area contributed by atoms with E-state index in [2.05, 4.69) is 36.0 Å². The van der Waals surface area contributed by atoms with Crippen molar-refractivity contribution in [1.29, 1.82) is 0 Å². The van der Waals surface area contributed by atoms with Crippen molar-refractivity contribution in [3.05, 3.63) is 77.8 Å². The minimum absolute atomic E-state index is 0.0884. The molecular weight excluding hydrogens is 494 g/mol. The van der Waals surface area contributed by atoms with E-state index in [-0.39, 0.29) is 11.5 Å². The zero-order valence-electron chi connectivity index (χ0n) is 17.5. The Morgan fingerprint density at radius 3 is 2.61 bits per heavy atom. The summed E-state index contributed by atoms with van der Waals surface area (Å²) in [5, 5.41) is 13.7. The quantitative estimate of drug-likeness (QED) is 0.261. The van der Waals surface area contributed by atoms with Crippen LogP contribution in [-0.4, -0.2) is 32.8 Å². The van der Waals surface area contributed by atoms with Gasteiger partial charge >= 0.3 is 6.61 Å². The van der Waals surface area contributed by atoms with Crippen molar-refractivity contribution in [2.24, 2.45) is 0 Å². The fraction of sp³-hybridized carbons (Fsp3) is 0.167. The molecule has 0 fully saturated rings. The number of nitrogens with one attached hydrogen (secondary N) is 1. The molecule has 2 N–H and O–H groups in total. The molecule has 33 heavy (non-hydrogen) atoms. The molecule has 0 unspecified atom stereocenters. The molecule has 0 radical (unpaired) electrons. The van der Waals surface area contributed by atoms with Gasteiger partial charge in [-0.1, -0.05) is 28.1 Å². The second-order valence-corrected chi connectivity index (χ2v) is 8.19. The number of imidazole rings is 1. The largest absolute Gasteiger partial charge is 0.507 e. The normalized spacial score (nSPS) is 11.0. The summed E-state index contributed by atoms with van der Waals surface area (Å²) in [5.74, 6) is 0.834. The summed E-state index contributed by atoms with van der Waals surface area (Å²) in [6.07, 6.45) is 6.29. The third-order valence-electron chi connectivity index (χ3n) is 4.93. The van der Waals surface area contributed by atoms with Gasteiger partial charge in [-0.3, -0.25) is 0 Å². The van der Waals surface area contributed by atoms with Crippen molar-refractivity contribution < 1.29 is 18.6 Å². The number of benzene rings is 2. The van der Waals surface area contributed by atoms with Crippen molar-refractivity contribution in [3.8, 4) is 33.9 Å². The highest BCUT2D eigenvalue weighted by atomic mass is 79.9. The summed E-state index contributed by atoms with van der Waals surface area (Å²) in [5.41, 5.74) is 2.78. The maximum absolute atomic E-state index is 12.5. The molecule has 4 rings (SSSR count). The van der Waals surface area contributed by atoms with Crippen LogP contribution in [0.5, 0.6) is 11.5 Å². The number of phenolic OH excluding ortho intramolecular Hbond substituents is 1. The number of pyridine rings is 1. The molecule has 170 valence electrons. The van der Waals surface area contributed by atoms with E-state index in [1.54, 1.807) is 42.9 Å². The lowest BCUT2D eigenvalue weighted by atomic mass is 10.0. The molecule has 0 aliphatic rings. The standard InChI is InChI=1S/C24H21BrF2N4O2/c25-18-4-7-22(32)20(14-18)21-12-17(16-2-5-19(6-3-16)33-24(26)27)13-23(30-21)29-8-1-10-31-11-9-28-15-31/h2-7,9,11-15,24,32H,1,8,10H2,(H,29,30). The van der Waals surface area contributed by atoms with Crippen LogP contribution < -0.4 is 10.1 Å². The van der Waals surface area contributed by atoms with E-state index in [4.69, 9.17) is 0 Å². The Balaban J connectivity index is 1.61. The molecule has 2 aromatic carbocycles. The molecule has 0 spiro atoms. The molecule has 0 aliphatic carbocycles. The lowest BCUT2D eigenvalue weighted by molar-refractivity contribution is -0.0498. The molecule has 6 nitrogen and oxygen atoms in total. The molecule has 9 heteroatoms. The van der Waals surface area contributed by atoms with E-state index < -0.39 is 6.61 Å². The van der Waals surface area contributed by atoms with Gasteiger partial charge < -0.3 is 19.7 Å². The third kappa shape index (κ3) is 6.07. The number of rotatable bonds is 9. The van der Waals surface area contributed by atoms with Crippen molar-refractivity contribution in [2.45, 2.75) is 19.6 Å². The van der Waals surface area contributed by atoms with E-state index >= 15 is 0 Å². The van der Waals surface area contributed by atoms with Gasteiger partial charge in [0.05, 0.1) is 12.0 Å². The van der Waals surface area contributed by atoms with Gasteiger partial charge in [-0.15, -0.1) is 0 Å². The molecule has 0 saturated heterocycles. The first-order chi connectivity index (χ1) is 16.0. The van der Waals surface area contributed by atoms with E-state index in [0.717, 1.165) is 28.6 Å². The Hall–Kier alpha value is -3.46. The minimum atomic E-state index is -2.87. The van der Waals surface area contributed by atoms with E-state index in [0.29, 0.717) is 23.6 Å². The number of hydrogen-bond acceptors (Lipinski definition) is 5. The fourth-order valence-electron chi connectivity index (χ4n) is 3.37. The number of aromatic nitrogens is 3. The maximum atomic E-state index is 12.5. The Kier molecular flexibility index (Phi) is 7.19. The molecule has 2 heterocycles. The number of ether oxygens (including phenoxy) is 1. The summed E-state index contributed by atoms with van der Waals surface area (Å²) in [7, 11) is 0. The monoisotopic (exact) mass is 514 g/mol. The number of nitrogens with zero attached hydrogens (tertiary/aromatic N) is 3. The van der Waals surface area contributed by atoms with Crippen LogP contribution in [0.15, 0.2) is 77.8 Å². The van der Waals surface area contributed by atoms with Crippen molar-refractivity contribution in [2.75, 3.05) is 11.9 Å². The molecule has 0 aliphatic heterocycles. The first kappa shape index (κ1) is 22.7. The summed E-state index contributed by atoms with van der Waals surface area (Å²) in [6, 6.07) is 15.3. The lowest BCUT2D eigenvalue weighted by Crippen LogP contribution is -2.07. The van der Waals surface area contributed by atoms with Gasteiger partial charge in [0.25, 0.3) is 0 Å². The van der Waals surface area contributed by atoms with E-state index in [9.17, 15) is 13.9 Å². The predicted molar refractivity (Wildman–Crippen MR) is 126 cm³/mol. The van der Waals surface area contributed by atoms with E-state index in [1.165, 1.54) is 12.1 Å². The van der Waals surface area contributed by atoms with Crippen molar-refractivity contribution in [1.82, 2.24) is 14.5 Å². The number of anilines is 1. The third-order valence-corrected chi connectivity index (χ3v) is 5.42. The Bertz CT molecular complexity index is 1200.